The van der Waals surface area contributed by atoms with Gasteiger partial charge in [0.25, 0.3) is 0 Å². The zero-order valence-electron chi connectivity index (χ0n) is 10.2. The van der Waals surface area contributed by atoms with Crippen LogP contribution in [0.15, 0.2) is 6.20 Å². The van der Waals surface area contributed by atoms with Crippen molar-refractivity contribution in [2.45, 2.75) is 45.1 Å². The maximum Gasteiger partial charge on any atom is 0.0738 e. The van der Waals surface area contributed by atoms with E-state index in [0.717, 1.165) is 24.7 Å². The summed E-state index contributed by atoms with van der Waals surface area (Å²) >= 11 is 0. The molecule has 1 saturated carbocycles. The van der Waals surface area contributed by atoms with Crippen LogP contribution in [-0.2, 0) is 13.6 Å². The molecule has 0 amide bonds. The van der Waals surface area contributed by atoms with Crippen molar-refractivity contribution in [3.63, 3.8) is 0 Å². The van der Waals surface area contributed by atoms with Gasteiger partial charge in [-0.25, -0.2) is 0 Å². The van der Waals surface area contributed by atoms with Crippen molar-refractivity contribution >= 4 is 0 Å². The van der Waals surface area contributed by atoms with Gasteiger partial charge in [-0.1, -0.05) is 30.9 Å². The van der Waals surface area contributed by atoms with Gasteiger partial charge >= 0.3 is 0 Å². The van der Waals surface area contributed by atoms with Crippen LogP contribution in [0.4, 0.5) is 0 Å². The third-order valence-electron chi connectivity index (χ3n) is 3.56. The number of aryl methyl sites for hydroxylation is 1. The van der Waals surface area contributed by atoms with E-state index in [0.29, 0.717) is 0 Å². The highest BCUT2D eigenvalue weighted by atomic mass is 15.4. The lowest BCUT2D eigenvalue weighted by molar-refractivity contribution is 0.468. The fourth-order valence-corrected chi connectivity index (χ4v) is 2.50. The van der Waals surface area contributed by atoms with Gasteiger partial charge in [0.2, 0.25) is 0 Å². The van der Waals surface area contributed by atoms with E-state index < -0.39 is 0 Å². The Morgan fingerprint density at radius 2 is 2.25 bits per heavy atom. The molecule has 0 saturated heterocycles. The third kappa shape index (κ3) is 3.30. The Morgan fingerprint density at radius 3 is 2.94 bits per heavy atom. The second-order valence-corrected chi connectivity index (χ2v) is 4.82. The molecule has 16 heavy (non-hydrogen) atoms. The molecule has 1 fully saturated rings. The van der Waals surface area contributed by atoms with Crippen molar-refractivity contribution in [3.05, 3.63) is 11.9 Å². The summed E-state index contributed by atoms with van der Waals surface area (Å²) in [7, 11) is 1.93. The van der Waals surface area contributed by atoms with E-state index in [9.17, 15) is 0 Å². The van der Waals surface area contributed by atoms with E-state index in [1.54, 1.807) is 0 Å². The number of hydrogen-bond acceptors (Lipinski definition) is 3. The van der Waals surface area contributed by atoms with Gasteiger partial charge in [0.15, 0.2) is 0 Å². The molecule has 1 N–H and O–H groups in total. The van der Waals surface area contributed by atoms with Crippen molar-refractivity contribution in [2.24, 2.45) is 13.0 Å². The van der Waals surface area contributed by atoms with E-state index in [1.165, 1.54) is 38.5 Å². The molecule has 1 heterocycles. The number of aromatic nitrogens is 3. The molecule has 0 unspecified atom stereocenters. The zero-order chi connectivity index (χ0) is 11.2. The summed E-state index contributed by atoms with van der Waals surface area (Å²) in [6.45, 7) is 2.00. The molecule has 1 aliphatic rings. The highest BCUT2D eigenvalue weighted by molar-refractivity contribution is 4.91. The Bertz CT molecular complexity index is 302. The Balaban J connectivity index is 1.53. The molecule has 0 aliphatic heterocycles. The van der Waals surface area contributed by atoms with Crippen LogP contribution in [-0.4, -0.2) is 21.5 Å². The summed E-state index contributed by atoms with van der Waals surface area (Å²) in [6, 6.07) is 0. The normalized spacial score (nSPS) is 17.1. The average Bonchev–Trinajstić information content (AvgIpc) is 2.90. The largest absolute Gasteiger partial charge is 0.311 e. The van der Waals surface area contributed by atoms with Crippen molar-refractivity contribution < 1.29 is 0 Å². The van der Waals surface area contributed by atoms with Crippen LogP contribution in [0.1, 0.15) is 44.2 Å². The van der Waals surface area contributed by atoms with Crippen LogP contribution in [0.3, 0.4) is 0 Å². The highest BCUT2D eigenvalue weighted by Crippen LogP contribution is 2.28. The fourth-order valence-electron chi connectivity index (χ4n) is 2.50. The summed E-state index contributed by atoms with van der Waals surface area (Å²) in [4.78, 5) is 0. The molecule has 4 nitrogen and oxygen atoms in total. The van der Waals surface area contributed by atoms with Crippen LogP contribution in [0.5, 0.6) is 0 Å². The molecular weight excluding hydrogens is 200 g/mol. The summed E-state index contributed by atoms with van der Waals surface area (Å²) in [5.74, 6) is 1.01. The summed E-state index contributed by atoms with van der Waals surface area (Å²) in [5, 5.41) is 11.2. The van der Waals surface area contributed by atoms with E-state index in [2.05, 4.69) is 15.6 Å². The van der Waals surface area contributed by atoms with Gasteiger partial charge < -0.3 is 5.32 Å². The first kappa shape index (κ1) is 11.6. The van der Waals surface area contributed by atoms with Gasteiger partial charge in [-0.3, -0.25) is 4.68 Å². The molecule has 0 aromatic carbocycles. The summed E-state index contributed by atoms with van der Waals surface area (Å²) in [6.07, 6.45) is 10.4. The van der Waals surface area contributed by atoms with Gasteiger partial charge in [-0.15, -0.1) is 5.10 Å². The maximum absolute atomic E-state index is 3.91. The Hall–Kier alpha value is -0.900. The van der Waals surface area contributed by atoms with Crippen LogP contribution < -0.4 is 5.32 Å². The van der Waals surface area contributed by atoms with E-state index in [1.807, 2.05) is 17.9 Å². The van der Waals surface area contributed by atoms with Crippen LogP contribution >= 0.6 is 0 Å². The summed E-state index contributed by atoms with van der Waals surface area (Å²) in [5.41, 5.74) is 1.15. The fraction of sp³-hybridized carbons (Fsp3) is 0.833. The molecular formula is C12H22N4. The minimum atomic E-state index is 0.883. The highest BCUT2D eigenvalue weighted by Gasteiger charge is 2.13. The maximum atomic E-state index is 3.91. The van der Waals surface area contributed by atoms with Crippen molar-refractivity contribution in [2.75, 3.05) is 6.54 Å². The van der Waals surface area contributed by atoms with Gasteiger partial charge in [-0.05, 0) is 25.3 Å². The molecule has 0 bridgehead atoms. The number of nitrogens with one attached hydrogen (secondary N) is 1. The molecule has 2 rings (SSSR count). The Morgan fingerprint density at radius 1 is 1.44 bits per heavy atom. The standard InChI is InChI=1S/C12H22N4/c1-16-12(10-14-15-16)9-13-8-4-7-11-5-2-3-6-11/h10-11,13H,2-9H2,1H3. The number of hydrogen-bond donors (Lipinski definition) is 1. The third-order valence-corrected chi connectivity index (χ3v) is 3.56. The number of rotatable bonds is 6. The second-order valence-electron chi connectivity index (χ2n) is 4.82. The molecule has 1 aromatic heterocycles. The molecule has 1 aliphatic carbocycles. The molecule has 90 valence electrons. The van der Waals surface area contributed by atoms with Gasteiger partial charge in [0.05, 0.1) is 11.9 Å². The first-order chi connectivity index (χ1) is 7.86. The predicted octanol–water partition coefficient (Wildman–Crippen LogP) is 1.88. The van der Waals surface area contributed by atoms with Crippen molar-refractivity contribution in [1.29, 1.82) is 0 Å². The zero-order valence-corrected chi connectivity index (χ0v) is 10.2. The SMILES string of the molecule is Cn1nncc1CNCCCC1CCCC1. The van der Waals surface area contributed by atoms with E-state index in [4.69, 9.17) is 0 Å². The minimum absolute atomic E-state index is 0.883. The topological polar surface area (TPSA) is 42.7 Å². The lowest BCUT2D eigenvalue weighted by Crippen LogP contribution is -2.17. The molecule has 0 radical (unpaired) electrons. The molecule has 4 heteroatoms. The minimum Gasteiger partial charge on any atom is -0.311 e. The smallest absolute Gasteiger partial charge is 0.0738 e. The van der Waals surface area contributed by atoms with Crippen molar-refractivity contribution in [1.82, 2.24) is 20.3 Å². The van der Waals surface area contributed by atoms with E-state index in [-0.39, 0.29) is 0 Å². The predicted molar refractivity (Wildman–Crippen MR) is 63.9 cm³/mol. The monoisotopic (exact) mass is 222 g/mol. The number of nitrogens with zero attached hydrogens (tertiary/aromatic N) is 3. The molecule has 1 aromatic rings. The van der Waals surface area contributed by atoms with Gasteiger partial charge in [0, 0.05) is 13.6 Å². The van der Waals surface area contributed by atoms with E-state index >= 15 is 0 Å². The Kier molecular flexibility index (Phi) is 4.34. The van der Waals surface area contributed by atoms with Gasteiger partial charge in [-0.2, -0.15) is 0 Å². The van der Waals surface area contributed by atoms with Gasteiger partial charge in [0.1, 0.15) is 0 Å². The summed E-state index contributed by atoms with van der Waals surface area (Å²) < 4.78 is 1.82. The second kappa shape index (κ2) is 5.99. The first-order valence-corrected chi connectivity index (χ1v) is 6.40. The first-order valence-electron chi connectivity index (χ1n) is 6.40. The van der Waals surface area contributed by atoms with Crippen LogP contribution in [0.2, 0.25) is 0 Å². The molecule has 0 spiro atoms. The van der Waals surface area contributed by atoms with Crippen LogP contribution in [0.25, 0.3) is 0 Å². The Labute approximate surface area is 97.4 Å². The van der Waals surface area contributed by atoms with Crippen molar-refractivity contribution in [3.8, 4) is 0 Å². The quantitative estimate of drug-likeness (QED) is 0.747. The average molecular weight is 222 g/mol. The lowest BCUT2D eigenvalue weighted by atomic mass is 10.0. The lowest BCUT2D eigenvalue weighted by Gasteiger charge is -2.09. The molecule has 0 atom stereocenters. The van der Waals surface area contributed by atoms with Crippen LogP contribution in [0, 0.1) is 5.92 Å².